The van der Waals surface area contributed by atoms with Crippen molar-refractivity contribution in [3.8, 4) is 0 Å². The number of hydrogen-bond acceptors (Lipinski definition) is 2. The van der Waals surface area contributed by atoms with Crippen molar-refractivity contribution in [1.29, 1.82) is 0 Å². The average molecular weight is 155 g/mol. The first kappa shape index (κ1) is 8.75. The van der Waals surface area contributed by atoms with Crippen molar-refractivity contribution in [1.82, 2.24) is 5.32 Å². The Hall–Kier alpha value is -0.340. The lowest BCUT2D eigenvalue weighted by Gasteiger charge is -2.41. The van der Waals surface area contributed by atoms with E-state index in [-0.39, 0.29) is 12.1 Å². The second kappa shape index (κ2) is 3.88. The summed E-state index contributed by atoms with van der Waals surface area (Å²) in [6.45, 7) is 3.18. The lowest BCUT2D eigenvalue weighted by Crippen LogP contribution is -2.53. The number of allylic oxidation sites excluding steroid dienone is 1. The van der Waals surface area contributed by atoms with Gasteiger partial charge in [-0.3, -0.25) is 0 Å². The lowest BCUT2D eigenvalue weighted by atomic mass is 9.77. The van der Waals surface area contributed by atoms with Crippen LogP contribution in [0.2, 0.25) is 0 Å². The predicted octanol–water partition coefficient (Wildman–Crippen LogP) is 1.07. The van der Waals surface area contributed by atoms with Crippen molar-refractivity contribution in [2.24, 2.45) is 0 Å². The summed E-state index contributed by atoms with van der Waals surface area (Å²) in [6, 6.07) is 0. The maximum Gasteiger partial charge on any atom is 0.0613 e. The third kappa shape index (κ3) is 2.04. The Morgan fingerprint density at radius 3 is 2.64 bits per heavy atom. The predicted molar refractivity (Wildman–Crippen MR) is 46.5 cm³/mol. The molecule has 0 heterocycles. The van der Waals surface area contributed by atoms with Gasteiger partial charge in [-0.05, 0) is 26.2 Å². The van der Waals surface area contributed by atoms with E-state index in [0.29, 0.717) is 0 Å². The molecule has 0 unspecified atom stereocenters. The third-order valence-electron chi connectivity index (χ3n) is 2.44. The minimum Gasteiger partial charge on any atom is -0.394 e. The fourth-order valence-electron chi connectivity index (χ4n) is 1.39. The van der Waals surface area contributed by atoms with E-state index in [4.69, 9.17) is 5.11 Å². The normalized spacial score (nSPS) is 22.0. The summed E-state index contributed by atoms with van der Waals surface area (Å²) in [5.41, 5.74) is 0.0690. The summed E-state index contributed by atoms with van der Waals surface area (Å²) in [6.07, 6.45) is 7.61. The van der Waals surface area contributed by atoms with Crippen LogP contribution in [0.3, 0.4) is 0 Å². The van der Waals surface area contributed by atoms with Crippen molar-refractivity contribution in [3.63, 3.8) is 0 Å². The Kier molecular flexibility index (Phi) is 3.09. The maximum atomic E-state index is 9.05. The fourth-order valence-corrected chi connectivity index (χ4v) is 1.39. The first-order valence-corrected chi connectivity index (χ1v) is 4.30. The second-order valence-electron chi connectivity index (χ2n) is 3.24. The van der Waals surface area contributed by atoms with Crippen LogP contribution < -0.4 is 5.32 Å². The molecule has 2 N–H and O–H groups in total. The van der Waals surface area contributed by atoms with Gasteiger partial charge in [0.15, 0.2) is 0 Å². The molecule has 0 aromatic carbocycles. The summed E-state index contributed by atoms with van der Waals surface area (Å²) < 4.78 is 0. The highest BCUT2D eigenvalue weighted by Gasteiger charge is 2.34. The molecular weight excluding hydrogens is 138 g/mol. The van der Waals surface area contributed by atoms with E-state index in [1.165, 1.54) is 6.42 Å². The van der Waals surface area contributed by atoms with Crippen LogP contribution in [0.1, 0.15) is 26.2 Å². The van der Waals surface area contributed by atoms with Crippen LogP contribution in [0.5, 0.6) is 0 Å². The van der Waals surface area contributed by atoms with Gasteiger partial charge in [-0.25, -0.2) is 0 Å². The zero-order chi connectivity index (χ0) is 8.16. The van der Waals surface area contributed by atoms with Gasteiger partial charge >= 0.3 is 0 Å². The molecule has 0 aliphatic heterocycles. The van der Waals surface area contributed by atoms with E-state index in [1.54, 1.807) is 0 Å². The maximum absolute atomic E-state index is 9.05. The summed E-state index contributed by atoms with van der Waals surface area (Å²) in [5.74, 6) is 0. The highest BCUT2D eigenvalue weighted by molar-refractivity contribution is 4.97. The van der Waals surface area contributed by atoms with Crippen molar-refractivity contribution in [2.45, 2.75) is 31.7 Å². The largest absolute Gasteiger partial charge is 0.394 e. The second-order valence-corrected chi connectivity index (χ2v) is 3.24. The molecule has 0 amide bonds. The molecule has 0 bridgehead atoms. The molecule has 1 rings (SSSR count). The van der Waals surface area contributed by atoms with Crippen LogP contribution in [0.4, 0.5) is 0 Å². The highest BCUT2D eigenvalue weighted by Crippen LogP contribution is 2.30. The Balaban J connectivity index is 2.21. The molecule has 1 aliphatic rings. The van der Waals surface area contributed by atoms with Crippen molar-refractivity contribution >= 4 is 0 Å². The van der Waals surface area contributed by atoms with E-state index in [9.17, 15) is 0 Å². The van der Waals surface area contributed by atoms with E-state index in [1.807, 2.05) is 13.0 Å². The van der Waals surface area contributed by atoms with E-state index < -0.39 is 0 Å². The summed E-state index contributed by atoms with van der Waals surface area (Å²) in [4.78, 5) is 0. The Morgan fingerprint density at radius 2 is 2.27 bits per heavy atom. The molecule has 64 valence electrons. The van der Waals surface area contributed by atoms with Crippen molar-refractivity contribution in [3.05, 3.63) is 12.2 Å². The summed E-state index contributed by atoms with van der Waals surface area (Å²) in [5, 5.41) is 12.4. The molecule has 0 spiro atoms. The molecular formula is C9H17NO. The summed E-state index contributed by atoms with van der Waals surface area (Å²) >= 11 is 0. The smallest absolute Gasteiger partial charge is 0.0613 e. The molecule has 0 saturated heterocycles. The zero-order valence-electron chi connectivity index (χ0n) is 7.14. The number of aliphatic hydroxyl groups is 1. The number of aliphatic hydroxyl groups excluding tert-OH is 1. The fraction of sp³-hybridized carbons (Fsp3) is 0.778. The Morgan fingerprint density at radius 1 is 1.55 bits per heavy atom. The van der Waals surface area contributed by atoms with E-state index >= 15 is 0 Å². The minimum atomic E-state index is 0.0690. The number of rotatable bonds is 4. The molecule has 2 heteroatoms. The lowest BCUT2D eigenvalue weighted by molar-refractivity contribution is 0.0926. The molecule has 0 aromatic heterocycles. The molecule has 0 radical (unpaired) electrons. The monoisotopic (exact) mass is 155 g/mol. The highest BCUT2D eigenvalue weighted by atomic mass is 16.3. The third-order valence-corrected chi connectivity index (χ3v) is 2.44. The number of hydrogen-bond donors (Lipinski definition) is 2. The molecule has 0 atom stereocenters. The topological polar surface area (TPSA) is 32.3 Å². The Labute approximate surface area is 68.3 Å². The molecule has 1 saturated carbocycles. The van der Waals surface area contributed by atoms with Crippen LogP contribution >= 0.6 is 0 Å². The van der Waals surface area contributed by atoms with Gasteiger partial charge in [0.2, 0.25) is 0 Å². The molecule has 0 aromatic rings. The summed E-state index contributed by atoms with van der Waals surface area (Å²) in [7, 11) is 0. The van der Waals surface area contributed by atoms with Gasteiger partial charge in [-0.1, -0.05) is 12.2 Å². The van der Waals surface area contributed by atoms with Gasteiger partial charge in [-0.15, -0.1) is 0 Å². The van der Waals surface area contributed by atoms with Crippen LogP contribution in [0, 0.1) is 0 Å². The van der Waals surface area contributed by atoms with Gasteiger partial charge < -0.3 is 10.4 Å². The molecule has 1 fully saturated rings. The molecule has 2 nitrogen and oxygen atoms in total. The minimum absolute atomic E-state index is 0.0690. The van der Waals surface area contributed by atoms with E-state index in [0.717, 1.165) is 19.4 Å². The number of nitrogens with one attached hydrogen (secondary N) is 1. The van der Waals surface area contributed by atoms with Gasteiger partial charge in [0.05, 0.1) is 6.61 Å². The average Bonchev–Trinajstić information content (AvgIpc) is 1.95. The van der Waals surface area contributed by atoms with Crippen molar-refractivity contribution in [2.75, 3.05) is 13.2 Å². The SMILES string of the molecule is C/C=C/CNC1(CO)CCC1. The Bertz CT molecular complexity index is 133. The molecule has 11 heavy (non-hydrogen) atoms. The van der Waals surface area contributed by atoms with Crippen LogP contribution in [0.15, 0.2) is 12.2 Å². The first-order chi connectivity index (χ1) is 5.33. The standard InChI is InChI=1S/C9H17NO/c1-2-3-7-10-9(8-11)5-4-6-9/h2-3,10-11H,4-8H2,1H3/b3-2+. The quantitative estimate of drug-likeness (QED) is 0.595. The first-order valence-electron chi connectivity index (χ1n) is 4.30. The van der Waals surface area contributed by atoms with Crippen LogP contribution in [-0.2, 0) is 0 Å². The van der Waals surface area contributed by atoms with Gasteiger partial charge in [-0.2, -0.15) is 0 Å². The van der Waals surface area contributed by atoms with Gasteiger partial charge in [0.25, 0.3) is 0 Å². The van der Waals surface area contributed by atoms with Crippen LogP contribution in [-0.4, -0.2) is 23.8 Å². The van der Waals surface area contributed by atoms with E-state index in [2.05, 4.69) is 11.4 Å². The van der Waals surface area contributed by atoms with Crippen molar-refractivity contribution < 1.29 is 5.11 Å². The van der Waals surface area contributed by atoms with Crippen LogP contribution in [0.25, 0.3) is 0 Å². The van der Waals surface area contributed by atoms with Gasteiger partial charge in [0, 0.05) is 12.1 Å². The zero-order valence-corrected chi connectivity index (χ0v) is 7.14. The van der Waals surface area contributed by atoms with Gasteiger partial charge in [0.1, 0.15) is 0 Å². The molecule has 1 aliphatic carbocycles.